The fourth-order valence-electron chi connectivity index (χ4n) is 4.19. The van der Waals surface area contributed by atoms with E-state index in [1.165, 1.54) is 17.3 Å². The van der Waals surface area contributed by atoms with E-state index in [9.17, 15) is 29.7 Å². The molecule has 1 aliphatic heterocycles. The second kappa shape index (κ2) is 9.92. The minimum Gasteiger partial charge on any atom is -0.393 e. The molecule has 1 saturated carbocycles. The van der Waals surface area contributed by atoms with Gasteiger partial charge in [-0.05, 0) is 31.4 Å². The van der Waals surface area contributed by atoms with Crippen molar-refractivity contribution in [3.05, 3.63) is 11.5 Å². The van der Waals surface area contributed by atoms with E-state index in [1.54, 1.807) is 0 Å². The number of aromatic nitrogens is 4. The molecule has 13 nitrogen and oxygen atoms in total. The number of nitrogens with zero attached hydrogens (tertiary/aromatic N) is 4. The van der Waals surface area contributed by atoms with E-state index in [0.29, 0.717) is 11.2 Å². The molecule has 6 N–H and O–H groups in total. The summed E-state index contributed by atoms with van der Waals surface area (Å²) in [7, 11) is -4.83. The highest BCUT2D eigenvalue weighted by atomic mass is 35.5. The number of aliphatic hydroxyl groups excluding tert-OH is 3. The summed E-state index contributed by atoms with van der Waals surface area (Å²) in [6.07, 6.45) is 1.74. The molecule has 4 rings (SSSR count). The van der Waals surface area contributed by atoms with Crippen LogP contribution in [0.4, 0.5) is 5.82 Å². The third kappa shape index (κ3) is 4.95. The fourth-order valence-corrected chi connectivity index (χ4v) is 4.78. The molecule has 0 spiro atoms. The minimum atomic E-state index is -4.83. The SMILES string of the molecule is CC(CO)(OCC1O[C@@H](n2ncc3c(NC4CCCCC4)nc(Cl)nc32)[C@H](O)[C@@H]1O)P(=O)(O)O. The molecule has 3 heterocycles. The number of hydrogen-bond acceptors (Lipinski definition) is 10. The first-order valence-corrected chi connectivity index (χ1v) is 13.0. The smallest absolute Gasteiger partial charge is 0.359 e. The number of rotatable bonds is 8. The van der Waals surface area contributed by atoms with Crippen molar-refractivity contribution < 1.29 is 39.1 Å². The fraction of sp³-hybridized carbons (Fsp3) is 0.737. The summed E-state index contributed by atoms with van der Waals surface area (Å²) in [5, 5.41) is 36.5. The minimum absolute atomic E-state index is 0.0270. The van der Waals surface area contributed by atoms with Gasteiger partial charge in [0.15, 0.2) is 17.2 Å². The Morgan fingerprint density at radius 1 is 1.26 bits per heavy atom. The molecule has 0 radical (unpaired) electrons. The predicted octanol–water partition coefficient (Wildman–Crippen LogP) is 0.746. The number of nitrogens with one attached hydrogen (secondary N) is 1. The molecule has 0 bridgehead atoms. The highest BCUT2D eigenvalue weighted by Crippen LogP contribution is 2.51. The maximum absolute atomic E-state index is 11.6. The molecule has 2 fully saturated rings. The third-order valence-corrected chi connectivity index (χ3v) is 8.09. The first kappa shape index (κ1) is 25.7. The van der Waals surface area contributed by atoms with Crippen molar-refractivity contribution in [3.63, 3.8) is 0 Å². The van der Waals surface area contributed by atoms with E-state index < -0.39 is 50.7 Å². The van der Waals surface area contributed by atoms with Gasteiger partial charge in [0.05, 0.1) is 24.8 Å². The summed E-state index contributed by atoms with van der Waals surface area (Å²) in [6, 6.07) is 0.248. The molecular formula is C19H29ClN5O8P. The quantitative estimate of drug-likeness (QED) is 0.211. The monoisotopic (exact) mass is 521 g/mol. The van der Waals surface area contributed by atoms with Gasteiger partial charge < -0.3 is 39.9 Å². The van der Waals surface area contributed by atoms with Crippen molar-refractivity contribution in [2.75, 3.05) is 18.5 Å². The second-order valence-corrected chi connectivity index (χ2v) is 11.3. The highest BCUT2D eigenvalue weighted by molar-refractivity contribution is 7.53. The summed E-state index contributed by atoms with van der Waals surface area (Å²) in [4.78, 5) is 27.4. The lowest BCUT2D eigenvalue weighted by Gasteiger charge is -2.29. The molecule has 1 aliphatic carbocycles. The number of halogens is 1. The van der Waals surface area contributed by atoms with Crippen LogP contribution < -0.4 is 5.32 Å². The van der Waals surface area contributed by atoms with Crippen LogP contribution in [0.2, 0.25) is 5.28 Å². The zero-order valence-corrected chi connectivity index (χ0v) is 20.1. The largest absolute Gasteiger partial charge is 0.393 e. The van der Waals surface area contributed by atoms with Gasteiger partial charge in [-0.3, -0.25) is 4.57 Å². The molecule has 2 aromatic rings. The van der Waals surface area contributed by atoms with Gasteiger partial charge in [-0.25, -0.2) is 4.68 Å². The summed E-state index contributed by atoms with van der Waals surface area (Å²) < 4.78 is 23.9. The molecule has 5 atom stereocenters. The number of ether oxygens (including phenoxy) is 2. The average molecular weight is 522 g/mol. The van der Waals surface area contributed by atoms with Crippen molar-refractivity contribution >= 4 is 36.0 Å². The average Bonchev–Trinajstić information content (AvgIpc) is 3.33. The Morgan fingerprint density at radius 2 is 1.97 bits per heavy atom. The molecule has 1 saturated heterocycles. The molecule has 0 amide bonds. The zero-order chi connectivity index (χ0) is 24.7. The van der Waals surface area contributed by atoms with Crippen LogP contribution in [-0.4, -0.2) is 87.8 Å². The van der Waals surface area contributed by atoms with Crippen molar-refractivity contribution in [1.82, 2.24) is 19.7 Å². The molecule has 0 aromatic carbocycles. The summed E-state index contributed by atoms with van der Waals surface area (Å²) in [5.74, 6) is 0.515. The van der Waals surface area contributed by atoms with Crippen LogP contribution in [0.1, 0.15) is 45.3 Å². The van der Waals surface area contributed by atoms with Crippen LogP contribution in [0.5, 0.6) is 0 Å². The molecule has 34 heavy (non-hydrogen) atoms. The number of aliphatic hydroxyl groups is 3. The van der Waals surface area contributed by atoms with E-state index in [2.05, 4.69) is 20.4 Å². The van der Waals surface area contributed by atoms with E-state index in [-0.39, 0.29) is 17.0 Å². The van der Waals surface area contributed by atoms with E-state index in [1.807, 2.05) is 0 Å². The lowest BCUT2D eigenvalue weighted by molar-refractivity contribution is -0.104. The van der Waals surface area contributed by atoms with Crippen LogP contribution in [0.25, 0.3) is 11.0 Å². The first-order valence-electron chi connectivity index (χ1n) is 11.0. The Balaban J connectivity index is 1.55. The Hall–Kier alpha value is -1.41. The first-order chi connectivity index (χ1) is 16.0. The zero-order valence-electron chi connectivity index (χ0n) is 18.5. The summed E-state index contributed by atoms with van der Waals surface area (Å²) in [6.45, 7) is -0.411. The molecular weight excluding hydrogens is 493 g/mol. The predicted molar refractivity (Wildman–Crippen MR) is 120 cm³/mol. The number of fused-ring (bicyclic) bond motifs is 1. The van der Waals surface area contributed by atoms with Gasteiger partial charge in [0, 0.05) is 6.04 Å². The summed E-state index contributed by atoms with van der Waals surface area (Å²) in [5.41, 5.74) is 0.284. The van der Waals surface area contributed by atoms with E-state index in [0.717, 1.165) is 32.6 Å². The van der Waals surface area contributed by atoms with Crippen molar-refractivity contribution in [2.45, 2.75) is 75.0 Å². The van der Waals surface area contributed by atoms with Gasteiger partial charge in [-0.2, -0.15) is 15.1 Å². The number of hydrogen-bond donors (Lipinski definition) is 6. The van der Waals surface area contributed by atoms with Gasteiger partial charge in [0.2, 0.25) is 5.28 Å². The Kier molecular flexibility index (Phi) is 7.49. The Labute approximate surface area is 200 Å². The molecule has 15 heteroatoms. The lowest BCUT2D eigenvalue weighted by atomic mass is 9.95. The normalized spacial score (nSPS) is 28.3. The van der Waals surface area contributed by atoms with Crippen LogP contribution in [-0.2, 0) is 14.0 Å². The maximum atomic E-state index is 11.6. The molecule has 2 aliphatic rings. The summed E-state index contributed by atoms with van der Waals surface area (Å²) >= 11 is 6.16. The van der Waals surface area contributed by atoms with Gasteiger partial charge in [0.25, 0.3) is 0 Å². The Bertz CT molecular complexity index is 1060. The van der Waals surface area contributed by atoms with Crippen LogP contribution in [0.3, 0.4) is 0 Å². The molecule has 2 unspecified atom stereocenters. The van der Waals surface area contributed by atoms with Crippen LogP contribution in [0, 0.1) is 0 Å². The molecule has 190 valence electrons. The van der Waals surface area contributed by atoms with Crippen molar-refractivity contribution in [1.29, 1.82) is 0 Å². The molecule has 2 aromatic heterocycles. The second-order valence-electron chi connectivity index (χ2n) is 8.88. The van der Waals surface area contributed by atoms with Gasteiger partial charge in [-0.15, -0.1) is 0 Å². The standard InChI is InChI=1S/C19H29ClN5O8P/c1-19(9-26,34(29,30)31)32-8-12-13(27)14(28)17(33-12)25-16-11(7-21-25)15(23-18(20)24-16)22-10-5-3-2-4-6-10/h7,10,12-14,17,26-28H,2-6,8-9H2,1H3,(H,22,23,24)(H2,29,30,31)/t12?,13-,14-,17-,19?/m1/s1. The van der Waals surface area contributed by atoms with Gasteiger partial charge in [-0.1, -0.05) is 19.3 Å². The van der Waals surface area contributed by atoms with Crippen LogP contribution in [0.15, 0.2) is 6.20 Å². The lowest BCUT2D eigenvalue weighted by Crippen LogP contribution is -2.39. The maximum Gasteiger partial charge on any atom is 0.359 e. The van der Waals surface area contributed by atoms with Crippen molar-refractivity contribution in [2.24, 2.45) is 0 Å². The highest BCUT2D eigenvalue weighted by Gasteiger charge is 2.48. The Morgan fingerprint density at radius 3 is 2.62 bits per heavy atom. The van der Waals surface area contributed by atoms with E-state index >= 15 is 0 Å². The number of anilines is 1. The third-order valence-electron chi connectivity index (χ3n) is 6.42. The topological polar surface area (TPSA) is 192 Å². The van der Waals surface area contributed by atoms with Crippen molar-refractivity contribution in [3.8, 4) is 0 Å². The van der Waals surface area contributed by atoms with Crippen LogP contribution >= 0.6 is 19.2 Å². The van der Waals surface area contributed by atoms with Gasteiger partial charge in [0.1, 0.15) is 24.1 Å². The van der Waals surface area contributed by atoms with Gasteiger partial charge >= 0.3 is 7.60 Å². The van der Waals surface area contributed by atoms with E-state index in [4.69, 9.17) is 21.1 Å².